The largest absolute Gasteiger partial charge is 0.460 e. The predicted octanol–water partition coefficient (Wildman–Crippen LogP) is 2.61. The van der Waals surface area contributed by atoms with Crippen LogP contribution >= 0.6 is 35.6 Å². The summed E-state index contributed by atoms with van der Waals surface area (Å²) in [6, 6.07) is 2.46. The Morgan fingerprint density at radius 1 is 1.40 bits per heavy atom. The van der Waals surface area contributed by atoms with Crippen molar-refractivity contribution >= 4 is 41.6 Å². The summed E-state index contributed by atoms with van der Waals surface area (Å²) < 4.78 is 10.2. The quantitative estimate of drug-likeness (QED) is 0.468. The summed E-state index contributed by atoms with van der Waals surface area (Å²) >= 11 is 11.5. The molecule has 20 heavy (non-hydrogen) atoms. The Morgan fingerprint density at radius 3 is 2.55 bits per heavy atom. The van der Waals surface area contributed by atoms with E-state index in [9.17, 15) is 4.79 Å². The Balaban J connectivity index is 0.00000361. The second-order valence-corrected chi connectivity index (χ2v) is 4.60. The molecule has 1 rings (SSSR count). The highest BCUT2D eigenvalue weighted by Gasteiger charge is 2.15. The minimum Gasteiger partial charge on any atom is -0.460 e. The third kappa shape index (κ3) is 7.26. The third-order valence-corrected chi connectivity index (χ3v) is 2.67. The van der Waals surface area contributed by atoms with Crippen molar-refractivity contribution in [1.82, 2.24) is 4.98 Å². The normalized spacial score (nSPS) is 11.6. The number of esters is 1. The van der Waals surface area contributed by atoms with Gasteiger partial charge in [0.2, 0.25) is 0 Å². The predicted molar refractivity (Wildman–Crippen MR) is 80.4 cm³/mol. The van der Waals surface area contributed by atoms with Gasteiger partial charge in [-0.1, -0.05) is 23.2 Å². The lowest BCUT2D eigenvalue weighted by Gasteiger charge is -2.11. The Bertz CT molecular complexity index is 412. The van der Waals surface area contributed by atoms with Crippen LogP contribution in [-0.2, 0) is 20.9 Å². The van der Waals surface area contributed by atoms with Gasteiger partial charge in [0.1, 0.15) is 23.0 Å². The van der Waals surface area contributed by atoms with Crippen LogP contribution in [0.1, 0.15) is 18.9 Å². The van der Waals surface area contributed by atoms with Crippen LogP contribution in [0.15, 0.2) is 12.1 Å². The van der Waals surface area contributed by atoms with E-state index in [4.69, 9.17) is 38.4 Å². The molecule has 0 aliphatic carbocycles. The van der Waals surface area contributed by atoms with E-state index in [1.807, 2.05) is 6.92 Å². The SMILES string of the molecule is CCOCC[C@H](N)C(=O)OCc1cc(Cl)nc(Cl)c1.Cl. The molecular formula is C12H17Cl3N2O3. The van der Waals surface area contributed by atoms with E-state index in [-0.39, 0.29) is 29.3 Å². The minimum atomic E-state index is -0.695. The Labute approximate surface area is 134 Å². The van der Waals surface area contributed by atoms with Crippen LogP contribution < -0.4 is 5.73 Å². The van der Waals surface area contributed by atoms with Gasteiger partial charge in [0.25, 0.3) is 0 Å². The number of hydrogen-bond acceptors (Lipinski definition) is 5. The van der Waals surface area contributed by atoms with Gasteiger partial charge in [-0.15, -0.1) is 12.4 Å². The van der Waals surface area contributed by atoms with E-state index in [0.29, 0.717) is 25.2 Å². The first-order valence-corrected chi connectivity index (χ1v) is 6.60. The summed E-state index contributed by atoms with van der Waals surface area (Å²) in [5.41, 5.74) is 6.33. The number of pyridine rings is 1. The molecule has 0 aliphatic heterocycles. The molecule has 8 heteroatoms. The Hall–Kier alpha value is -0.590. The van der Waals surface area contributed by atoms with Gasteiger partial charge in [0, 0.05) is 13.2 Å². The molecule has 0 amide bonds. The van der Waals surface area contributed by atoms with Gasteiger partial charge in [0.05, 0.1) is 0 Å². The van der Waals surface area contributed by atoms with Crippen molar-refractivity contribution in [3.8, 4) is 0 Å². The molecule has 0 aliphatic rings. The second kappa shape index (κ2) is 10.2. The van der Waals surface area contributed by atoms with E-state index in [0.717, 1.165) is 0 Å². The van der Waals surface area contributed by atoms with E-state index >= 15 is 0 Å². The smallest absolute Gasteiger partial charge is 0.323 e. The summed E-state index contributed by atoms with van der Waals surface area (Å²) in [5, 5.41) is 0.499. The molecule has 2 N–H and O–H groups in total. The molecule has 1 aromatic rings. The van der Waals surface area contributed by atoms with Crippen molar-refractivity contribution in [3.63, 3.8) is 0 Å². The number of hydrogen-bond donors (Lipinski definition) is 1. The van der Waals surface area contributed by atoms with Crippen molar-refractivity contribution in [2.75, 3.05) is 13.2 Å². The van der Waals surface area contributed by atoms with Gasteiger partial charge in [-0.3, -0.25) is 4.79 Å². The molecule has 1 atom stereocenters. The zero-order chi connectivity index (χ0) is 14.3. The summed E-state index contributed by atoms with van der Waals surface area (Å²) in [7, 11) is 0. The molecule has 0 bridgehead atoms. The van der Waals surface area contributed by atoms with Crippen molar-refractivity contribution in [2.24, 2.45) is 5.73 Å². The first-order valence-electron chi connectivity index (χ1n) is 5.85. The Morgan fingerprint density at radius 2 is 2.00 bits per heavy atom. The molecule has 0 fully saturated rings. The highest BCUT2D eigenvalue weighted by atomic mass is 35.5. The summed E-state index contributed by atoms with van der Waals surface area (Å²) in [6.45, 7) is 2.96. The second-order valence-electron chi connectivity index (χ2n) is 3.82. The molecule has 0 unspecified atom stereocenters. The average Bonchev–Trinajstić information content (AvgIpc) is 2.35. The van der Waals surface area contributed by atoms with Crippen LogP contribution in [0.2, 0.25) is 10.3 Å². The third-order valence-electron chi connectivity index (χ3n) is 2.28. The van der Waals surface area contributed by atoms with E-state index in [2.05, 4.69) is 4.98 Å². The first kappa shape index (κ1) is 19.4. The van der Waals surface area contributed by atoms with E-state index in [1.165, 1.54) is 0 Å². The fraction of sp³-hybridized carbons (Fsp3) is 0.500. The number of nitrogens with zero attached hydrogens (tertiary/aromatic N) is 1. The zero-order valence-corrected chi connectivity index (χ0v) is 13.3. The fourth-order valence-electron chi connectivity index (χ4n) is 1.33. The minimum absolute atomic E-state index is 0. The Kier molecular flexibility index (Phi) is 9.88. The van der Waals surface area contributed by atoms with Crippen LogP contribution in [0.25, 0.3) is 0 Å². The zero-order valence-electron chi connectivity index (χ0n) is 11.0. The summed E-state index contributed by atoms with van der Waals surface area (Å²) in [4.78, 5) is 15.4. The maximum Gasteiger partial charge on any atom is 0.323 e. The number of rotatable bonds is 7. The maximum absolute atomic E-state index is 11.6. The van der Waals surface area contributed by atoms with Gasteiger partial charge in [-0.2, -0.15) is 0 Å². The van der Waals surface area contributed by atoms with Crippen molar-refractivity contribution in [2.45, 2.75) is 26.0 Å². The molecule has 5 nitrogen and oxygen atoms in total. The average molecular weight is 344 g/mol. The van der Waals surface area contributed by atoms with Gasteiger partial charge in [-0.25, -0.2) is 4.98 Å². The highest BCUT2D eigenvalue weighted by molar-refractivity contribution is 6.32. The number of aromatic nitrogens is 1. The van der Waals surface area contributed by atoms with Crippen molar-refractivity contribution in [1.29, 1.82) is 0 Å². The molecule has 0 spiro atoms. The monoisotopic (exact) mass is 342 g/mol. The number of halogens is 3. The van der Waals surface area contributed by atoms with Gasteiger partial charge >= 0.3 is 5.97 Å². The van der Waals surface area contributed by atoms with Gasteiger partial charge in [-0.05, 0) is 31.0 Å². The highest BCUT2D eigenvalue weighted by Crippen LogP contribution is 2.15. The van der Waals surface area contributed by atoms with Crippen molar-refractivity contribution in [3.05, 3.63) is 28.0 Å². The molecule has 0 saturated heterocycles. The van der Waals surface area contributed by atoms with Crippen LogP contribution in [0.4, 0.5) is 0 Å². The molecule has 114 valence electrons. The molecule has 0 radical (unpaired) electrons. The number of nitrogens with two attached hydrogens (primary N) is 1. The van der Waals surface area contributed by atoms with Gasteiger partial charge in [0.15, 0.2) is 0 Å². The standard InChI is InChI=1S/C12H16Cl2N2O3.ClH/c1-2-18-4-3-9(15)12(17)19-7-8-5-10(13)16-11(14)6-8;/h5-6,9H,2-4,7,15H2,1H3;1H/t9-;/m0./s1. The lowest BCUT2D eigenvalue weighted by Crippen LogP contribution is -2.33. The number of ether oxygens (including phenoxy) is 2. The lowest BCUT2D eigenvalue weighted by atomic mass is 10.2. The molecular weight excluding hydrogens is 327 g/mol. The number of carbonyl (C=O) groups is 1. The topological polar surface area (TPSA) is 74.4 Å². The van der Waals surface area contributed by atoms with Crippen LogP contribution in [-0.4, -0.2) is 30.2 Å². The number of carbonyl (C=O) groups excluding carboxylic acids is 1. The van der Waals surface area contributed by atoms with Crippen molar-refractivity contribution < 1.29 is 14.3 Å². The fourth-order valence-corrected chi connectivity index (χ4v) is 1.84. The maximum atomic E-state index is 11.6. The molecule has 1 aromatic heterocycles. The summed E-state index contributed by atoms with van der Waals surface area (Å²) in [5.74, 6) is -0.483. The van der Waals surface area contributed by atoms with E-state index in [1.54, 1.807) is 12.1 Å². The lowest BCUT2D eigenvalue weighted by molar-refractivity contribution is -0.147. The molecule has 0 saturated carbocycles. The van der Waals surface area contributed by atoms with E-state index < -0.39 is 12.0 Å². The first-order chi connectivity index (χ1) is 9.02. The van der Waals surface area contributed by atoms with Crippen LogP contribution in [0.5, 0.6) is 0 Å². The van der Waals surface area contributed by atoms with Crippen LogP contribution in [0.3, 0.4) is 0 Å². The van der Waals surface area contributed by atoms with Gasteiger partial charge < -0.3 is 15.2 Å². The van der Waals surface area contributed by atoms with Crippen LogP contribution in [0, 0.1) is 0 Å². The molecule has 0 aromatic carbocycles. The summed E-state index contributed by atoms with van der Waals surface area (Å²) in [6.07, 6.45) is 0.421. The molecule has 1 heterocycles.